The van der Waals surface area contributed by atoms with Gasteiger partial charge in [-0.25, -0.2) is 4.68 Å². The first kappa shape index (κ1) is 19.5. The maximum absolute atomic E-state index is 11.2. The first-order valence-electron chi connectivity index (χ1n) is 9.31. The summed E-state index contributed by atoms with van der Waals surface area (Å²) in [6, 6.07) is 6.70. The van der Waals surface area contributed by atoms with E-state index in [1.807, 2.05) is 23.0 Å². The van der Waals surface area contributed by atoms with Gasteiger partial charge in [0.1, 0.15) is 0 Å². The van der Waals surface area contributed by atoms with Gasteiger partial charge in [0.05, 0.1) is 10.6 Å². The Labute approximate surface area is 163 Å². The Hall–Kier alpha value is -2.28. The van der Waals surface area contributed by atoms with E-state index in [1.165, 1.54) is 29.5 Å². The predicted octanol–water partition coefficient (Wildman–Crippen LogP) is 5.10. The van der Waals surface area contributed by atoms with Gasteiger partial charge in [-0.05, 0) is 37.5 Å². The lowest BCUT2D eigenvalue weighted by molar-refractivity contribution is -0.384. The number of nitrogens with zero attached hydrogens (tertiary/aromatic N) is 4. The van der Waals surface area contributed by atoms with Gasteiger partial charge in [0.2, 0.25) is 4.80 Å². The third-order valence-corrected chi connectivity index (χ3v) is 5.59. The fraction of sp³-hybridized carbons (Fsp3) is 0.500. The predicted molar refractivity (Wildman–Crippen MR) is 110 cm³/mol. The lowest BCUT2D eigenvalue weighted by Crippen LogP contribution is -2.29. The zero-order chi connectivity index (χ0) is 19.6. The highest BCUT2D eigenvalue weighted by Crippen LogP contribution is 2.37. The molecule has 1 saturated carbocycles. The molecule has 6 nitrogen and oxygen atoms in total. The molecule has 1 atom stereocenters. The van der Waals surface area contributed by atoms with Crippen LogP contribution in [0.2, 0.25) is 0 Å². The van der Waals surface area contributed by atoms with Crippen molar-refractivity contribution in [3.05, 3.63) is 44.6 Å². The van der Waals surface area contributed by atoms with E-state index in [4.69, 9.17) is 5.10 Å². The van der Waals surface area contributed by atoms with Crippen LogP contribution in [0.4, 0.5) is 5.69 Å². The summed E-state index contributed by atoms with van der Waals surface area (Å²) in [7, 11) is 0. The molecular weight excluding hydrogens is 360 g/mol. The number of nitro benzene ring substituents is 1. The van der Waals surface area contributed by atoms with Crippen molar-refractivity contribution in [2.24, 2.45) is 21.4 Å². The Morgan fingerprint density at radius 2 is 2.19 bits per heavy atom. The molecule has 3 rings (SSSR count). The molecule has 1 heterocycles. The molecule has 7 heteroatoms. The van der Waals surface area contributed by atoms with Crippen LogP contribution in [0.3, 0.4) is 0 Å². The molecule has 2 aromatic rings. The van der Waals surface area contributed by atoms with E-state index in [1.54, 1.807) is 12.1 Å². The molecule has 0 N–H and O–H groups in total. The van der Waals surface area contributed by atoms with Gasteiger partial charge in [0.25, 0.3) is 5.69 Å². The summed E-state index contributed by atoms with van der Waals surface area (Å²) in [5.74, 6) is 0.597. The third kappa shape index (κ3) is 4.53. The Balaban J connectivity index is 2.11. The number of thiazole rings is 1. The minimum Gasteiger partial charge on any atom is -0.258 e. The lowest BCUT2D eigenvalue weighted by atomic mass is 9.72. The highest BCUT2D eigenvalue weighted by atomic mass is 32.1. The normalized spacial score (nSPS) is 21.6. The minimum absolute atomic E-state index is 0.0827. The van der Waals surface area contributed by atoms with E-state index >= 15 is 0 Å². The van der Waals surface area contributed by atoms with E-state index in [2.05, 4.69) is 25.8 Å². The fourth-order valence-corrected chi connectivity index (χ4v) is 4.84. The molecule has 0 spiro atoms. The number of rotatable bonds is 4. The summed E-state index contributed by atoms with van der Waals surface area (Å²) in [6.45, 7) is 9.51. The van der Waals surface area contributed by atoms with Crippen LogP contribution in [0.5, 0.6) is 0 Å². The van der Waals surface area contributed by atoms with Gasteiger partial charge in [0.15, 0.2) is 0 Å². The molecule has 0 radical (unpaired) electrons. The average molecular weight is 387 g/mol. The maximum Gasteiger partial charge on any atom is 0.270 e. The molecule has 0 amide bonds. The molecule has 1 unspecified atom stereocenters. The minimum atomic E-state index is -0.366. The van der Waals surface area contributed by atoms with Crippen LogP contribution in [0.15, 0.2) is 39.7 Å². The molecule has 0 saturated heterocycles. The van der Waals surface area contributed by atoms with Crippen LogP contribution in [0, 0.1) is 21.4 Å². The van der Waals surface area contributed by atoms with Gasteiger partial charge < -0.3 is 0 Å². The quantitative estimate of drug-likeness (QED) is 0.542. The van der Waals surface area contributed by atoms with Crippen molar-refractivity contribution in [2.45, 2.75) is 47.0 Å². The van der Waals surface area contributed by atoms with Gasteiger partial charge in [-0.1, -0.05) is 32.9 Å². The van der Waals surface area contributed by atoms with E-state index in [9.17, 15) is 10.1 Å². The lowest BCUT2D eigenvalue weighted by Gasteiger charge is -2.34. The van der Waals surface area contributed by atoms with Crippen LogP contribution in [0.1, 0.15) is 47.0 Å². The smallest absolute Gasteiger partial charge is 0.258 e. The zero-order valence-corrected chi connectivity index (χ0v) is 17.1. The fourth-order valence-electron chi connectivity index (χ4n) is 3.95. The maximum atomic E-state index is 11.2. The zero-order valence-electron chi connectivity index (χ0n) is 16.3. The molecule has 1 aromatic carbocycles. The molecule has 1 aliphatic rings. The summed E-state index contributed by atoms with van der Waals surface area (Å²) in [5.41, 5.74) is 3.12. The van der Waals surface area contributed by atoms with Crippen molar-refractivity contribution >= 4 is 22.7 Å². The Kier molecular flexibility index (Phi) is 5.60. The Morgan fingerprint density at radius 3 is 2.85 bits per heavy atom. The molecule has 1 aromatic heterocycles. The van der Waals surface area contributed by atoms with Gasteiger partial charge in [-0.2, -0.15) is 5.10 Å². The molecule has 0 bridgehead atoms. The second kappa shape index (κ2) is 7.76. The van der Waals surface area contributed by atoms with E-state index in [0.717, 1.165) is 28.9 Å². The molecule has 144 valence electrons. The Morgan fingerprint density at radius 1 is 1.41 bits per heavy atom. The monoisotopic (exact) mass is 386 g/mol. The summed E-state index contributed by atoms with van der Waals surface area (Å²) in [5, 5.41) is 18.1. The second-order valence-electron chi connectivity index (χ2n) is 8.02. The van der Waals surface area contributed by atoms with E-state index in [0.29, 0.717) is 12.5 Å². The summed E-state index contributed by atoms with van der Waals surface area (Å²) in [6.07, 6.45) is 3.14. The molecule has 27 heavy (non-hydrogen) atoms. The number of aromatic nitrogens is 1. The van der Waals surface area contributed by atoms with Crippen LogP contribution < -0.4 is 4.80 Å². The van der Waals surface area contributed by atoms with Crippen LogP contribution in [-0.2, 0) is 0 Å². The topological polar surface area (TPSA) is 72.8 Å². The van der Waals surface area contributed by atoms with E-state index in [-0.39, 0.29) is 16.0 Å². The van der Waals surface area contributed by atoms with Gasteiger partial charge in [-0.3, -0.25) is 15.1 Å². The summed E-state index contributed by atoms with van der Waals surface area (Å²) in [4.78, 5) is 16.2. The van der Waals surface area contributed by atoms with Crippen molar-refractivity contribution in [1.29, 1.82) is 0 Å². The van der Waals surface area contributed by atoms with Crippen LogP contribution >= 0.6 is 11.3 Å². The summed E-state index contributed by atoms with van der Waals surface area (Å²) >= 11 is 1.52. The highest BCUT2D eigenvalue weighted by Gasteiger charge is 2.30. The number of non-ortho nitro benzene ring substituents is 1. The first-order chi connectivity index (χ1) is 12.8. The second-order valence-corrected chi connectivity index (χ2v) is 8.85. The Bertz CT molecular complexity index is 939. The number of nitro groups is 1. The number of benzene rings is 1. The molecule has 0 aliphatic heterocycles. The van der Waals surface area contributed by atoms with Crippen molar-refractivity contribution in [3.8, 4) is 11.3 Å². The van der Waals surface area contributed by atoms with Crippen molar-refractivity contribution in [2.75, 3.05) is 6.54 Å². The van der Waals surface area contributed by atoms with Crippen molar-refractivity contribution in [1.82, 2.24) is 4.68 Å². The SMILES string of the molecule is CCN=c1scc(-c2cccc([N+](=O)[O-])c2)n1N=C1CC(C)CC(C)(C)C1. The average Bonchev–Trinajstić information content (AvgIpc) is 2.96. The van der Waals surface area contributed by atoms with Crippen molar-refractivity contribution in [3.63, 3.8) is 0 Å². The molecule has 1 fully saturated rings. The van der Waals surface area contributed by atoms with Crippen molar-refractivity contribution < 1.29 is 4.92 Å². The number of hydrogen-bond acceptors (Lipinski definition) is 5. The molecular formula is C20H26N4O2S. The van der Waals surface area contributed by atoms with E-state index < -0.39 is 0 Å². The third-order valence-electron chi connectivity index (χ3n) is 4.74. The van der Waals surface area contributed by atoms with Gasteiger partial charge in [-0.15, -0.1) is 11.3 Å². The standard InChI is InChI=1S/C20H26N4O2S/c1-5-21-19-23(22-16-9-14(2)11-20(3,4)12-16)18(13-27-19)15-7-6-8-17(10-15)24(25)26/h6-8,10,13-14H,5,9,11-12H2,1-4H3. The van der Waals surface area contributed by atoms with Gasteiger partial charge >= 0.3 is 0 Å². The van der Waals surface area contributed by atoms with Crippen LogP contribution in [0.25, 0.3) is 11.3 Å². The summed E-state index contributed by atoms with van der Waals surface area (Å²) < 4.78 is 1.87. The first-order valence-corrected chi connectivity index (χ1v) is 10.2. The number of hydrogen-bond donors (Lipinski definition) is 0. The van der Waals surface area contributed by atoms with Gasteiger partial charge in [0, 0.05) is 35.3 Å². The largest absolute Gasteiger partial charge is 0.270 e. The highest BCUT2D eigenvalue weighted by molar-refractivity contribution is 7.07. The van der Waals surface area contributed by atoms with Crippen LogP contribution in [-0.4, -0.2) is 21.9 Å². The molecule has 1 aliphatic carbocycles.